The second-order valence-corrected chi connectivity index (χ2v) is 16.7. The van der Waals surface area contributed by atoms with E-state index in [2.05, 4.69) is 22.5 Å². The fourth-order valence-electron chi connectivity index (χ4n) is 8.15. The maximum absolute atomic E-state index is 14.4. The fraction of sp³-hybridized carbons (Fsp3) is 0.881. The Kier molecular flexibility index (Phi) is 23.3. The Balaban J connectivity index is 3.18. The van der Waals surface area contributed by atoms with Gasteiger partial charge in [0.25, 0.3) is 0 Å². The van der Waals surface area contributed by atoms with Gasteiger partial charge in [0.05, 0.1) is 42.7 Å². The van der Waals surface area contributed by atoms with Crippen LogP contribution in [-0.4, -0.2) is 133 Å². The number of unbranched alkanes of at least 4 members (excludes halogenated alkanes) is 6. The molecule has 0 aliphatic carbocycles. The largest absolute Gasteiger partial charge is 0.480 e. The number of carbonyl (C=O) groups is 5. The van der Waals surface area contributed by atoms with Crippen molar-refractivity contribution in [1.82, 2.24) is 25.3 Å². The zero-order valence-electron chi connectivity index (χ0n) is 36.7. The van der Waals surface area contributed by atoms with Gasteiger partial charge in [-0.25, -0.2) is 0 Å². The number of carbonyl (C=O) groups excluding carboxylic acids is 4. The highest BCUT2D eigenvalue weighted by atomic mass is 16.5. The van der Waals surface area contributed by atoms with Gasteiger partial charge in [-0.15, -0.1) is 0 Å². The van der Waals surface area contributed by atoms with Crippen molar-refractivity contribution in [2.24, 2.45) is 23.7 Å². The second kappa shape index (κ2) is 25.5. The molecule has 0 aromatic heterocycles. The molecule has 1 rings (SSSR count). The van der Waals surface area contributed by atoms with Crippen molar-refractivity contribution in [1.29, 1.82) is 0 Å². The summed E-state index contributed by atoms with van der Waals surface area (Å²) in [7, 11) is 6.78. The Morgan fingerprint density at radius 1 is 0.818 bits per heavy atom. The smallest absolute Gasteiger partial charge is 0.325 e. The van der Waals surface area contributed by atoms with E-state index in [1.807, 2.05) is 48.6 Å². The summed E-state index contributed by atoms with van der Waals surface area (Å²) < 4.78 is 11.8. The van der Waals surface area contributed by atoms with Crippen LogP contribution in [0.1, 0.15) is 133 Å². The van der Waals surface area contributed by atoms with Gasteiger partial charge in [-0.2, -0.15) is 0 Å². The molecule has 3 N–H and O–H groups in total. The van der Waals surface area contributed by atoms with Crippen LogP contribution in [0.2, 0.25) is 0 Å². The molecule has 13 nitrogen and oxygen atoms in total. The number of rotatable bonds is 27. The molecule has 0 saturated carbocycles. The molecular weight excluding hydrogens is 702 g/mol. The zero-order chi connectivity index (χ0) is 42.0. The third-order valence-corrected chi connectivity index (χ3v) is 11.7. The second-order valence-electron chi connectivity index (χ2n) is 16.7. The average Bonchev–Trinajstić information content (AvgIpc) is 3.62. The standard InChI is InChI=1S/C42H79N5O8/c1-14-16-17-18-19-20-21-24-45(10)36(28(5)6)40(50)44-35(27(3)4)41(51)46(11)37(29(7)15-2)33(54-12)26-34(48)47-25-22-23-32(47)38(55-13)30(8)39(49)43-31(9)42(52)53/h27-33,35-38H,14-26H2,1-13H3,(H,43,49)(H,44,50)(H,52,53)/t29-,30+,31-,32-,33+,35-,36-,37-,38+/m0/s1. The summed E-state index contributed by atoms with van der Waals surface area (Å²) in [6.45, 7) is 18.6. The molecule has 0 aromatic rings. The maximum atomic E-state index is 14.4. The Morgan fingerprint density at radius 2 is 1.42 bits per heavy atom. The lowest BCUT2D eigenvalue weighted by molar-refractivity contribution is -0.148. The van der Waals surface area contributed by atoms with E-state index in [9.17, 15) is 29.1 Å². The molecule has 4 amide bonds. The number of nitrogens with one attached hydrogen (secondary N) is 2. The molecule has 1 saturated heterocycles. The summed E-state index contributed by atoms with van der Waals surface area (Å²) in [6.07, 6.45) is 9.17. The van der Waals surface area contributed by atoms with E-state index >= 15 is 0 Å². The quantitative estimate of drug-likeness (QED) is 0.0936. The maximum Gasteiger partial charge on any atom is 0.325 e. The Morgan fingerprint density at radius 3 is 1.93 bits per heavy atom. The summed E-state index contributed by atoms with van der Waals surface area (Å²) in [4.78, 5) is 72.3. The molecule has 1 fully saturated rings. The molecule has 320 valence electrons. The Bertz CT molecular complexity index is 1180. The first-order valence-corrected chi connectivity index (χ1v) is 21.0. The van der Waals surface area contributed by atoms with Crippen LogP contribution in [0.5, 0.6) is 0 Å². The van der Waals surface area contributed by atoms with Gasteiger partial charge in [-0.1, -0.05) is 100 Å². The van der Waals surface area contributed by atoms with Gasteiger partial charge in [-0.3, -0.25) is 28.9 Å². The first-order chi connectivity index (χ1) is 25.9. The molecule has 1 heterocycles. The van der Waals surface area contributed by atoms with Crippen molar-refractivity contribution in [3.63, 3.8) is 0 Å². The number of likely N-dealkylation sites (tertiary alicyclic amines) is 1. The lowest BCUT2D eigenvalue weighted by Crippen LogP contribution is -2.60. The minimum atomic E-state index is -1.14. The van der Waals surface area contributed by atoms with Crippen LogP contribution < -0.4 is 10.6 Å². The predicted octanol–water partition coefficient (Wildman–Crippen LogP) is 5.34. The lowest BCUT2D eigenvalue weighted by atomic mass is 9.89. The van der Waals surface area contributed by atoms with Crippen molar-refractivity contribution in [3.05, 3.63) is 0 Å². The summed E-state index contributed by atoms with van der Waals surface area (Å²) in [5, 5.41) is 14.9. The number of ether oxygens (including phenoxy) is 2. The van der Waals surface area contributed by atoms with E-state index in [-0.39, 0.29) is 47.9 Å². The average molecular weight is 782 g/mol. The minimum absolute atomic E-state index is 0.00418. The number of methoxy groups -OCH3 is 2. The van der Waals surface area contributed by atoms with E-state index in [1.54, 1.807) is 30.9 Å². The summed E-state index contributed by atoms with van der Waals surface area (Å²) in [5.41, 5.74) is 0. The molecule has 9 atom stereocenters. The molecular formula is C42H79N5O8. The van der Waals surface area contributed by atoms with Crippen molar-refractivity contribution in [2.45, 2.75) is 175 Å². The molecule has 1 aliphatic rings. The predicted molar refractivity (Wildman–Crippen MR) is 217 cm³/mol. The van der Waals surface area contributed by atoms with E-state index in [0.29, 0.717) is 13.0 Å². The van der Waals surface area contributed by atoms with E-state index in [1.165, 1.54) is 46.1 Å². The normalized spacial score (nSPS) is 19.1. The highest BCUT2D eigenvalue weighted by Gasteiger charge is 2.43. The molecule has 0 unspecified atom stereocenters. The Labute approximate surface area is 333 Å². The van der Waals surface area contributed by atoms with Gasteiger partial charge in [0, 0.05) is 27.8 Å². The molecule has 55 heavy (non-hydrogen) atoms. The third-order valence-electron chi connectivity index (χ3n) is 11.7. The molecule has 0 bridgehead atoms. The van der Waals surface area contributed by atoms with Crippen LogP contribution in [0.25, 0.3) is 0 Å². The number of carboxylic acid groups (broad SMARTS) is 1. The first kappa shape index (κ1) is 50.2. The van der Waals surface area contributed by atoms with Gasteiger partial charge in [0.1, 0.15) is 12.1 Å². The van der Waals surface area contributed by atoms with Crippen LogP contribution in [-0.2, 0) is 33.4 Å². The number of hydrogen-bond donors (Lipinski definition) is 3. The third kappa shape index (κ3) is 15.3. The molecule has 0 radical (unpaired) electrons. The van der Waals surface area contributed by atoms with Crippen LogP contribution in [0.15, 0.2) is 0 Å². The fourth-order valence-corrected chi connectivity index (χ4v) is 8.15. The molecule has 13 heteroatoms. The minimum Gasteiger partial charge on any atom is -0.480 e. The molecule has 0 aromatic carbocycles. The SMILES string of the molecule is CCCCCCCCCN(C)[C@H](C(=O)N[C@H](C(=O)N(C)[C@@H]([C@@H](C)CC)[C@@H](CC(=O)N1CCC[C@H]1[C@H](OC)[C@@H](C)C(=O)N[C@@H](C)C(=O)O)OC)C(C)C)C(C)C. The highest BCUT2D eigenvalue weighted by Crippen LogP contribution is 2.30. The van der Waals surface area contributed by atoms with Gasteiger partial charge in [0.2, 0.25) is 23.6 Å². The summed E-state index contributed by atoms with van der Waals surface area (Å²) >= 11 is 0. The van der Waals surface area contributed by atoms with Crippen molar-refractivity contribution in [3.8, 4) is 0 Å². The van der Waals surface area contributed by atoms with Crippen LogP contribution >= 0.6 is 0 Å². The van der Waals surface area contributed by atoms with Crippen molar-refractivity contribution < 1.29 is 38.6 Å². The van der Waals surface area contributed by atoms with E-state index in [0.717, 1.165) is 32.2 Å². The van der Waals surface area contributed by atoms with Crippen molar-refractivity contribution in [2.75, 3.05) is 41.4 Å². The molecule has 0 spiro atoms. The van der Waals surface area contributed by atoms with E-state index < -0.39 is 54.2 Å². The highest BCUT2D eigenvalue weighted by molar-refractivity contribution is 5.90. The van der Waals surface area contributed by atoms with Crippen molar-refractivity contribution >= 4 is 29.6 Å². The van der Waals surface area contributed by atoms with Crippen LogP contribution in [0.3, 0.4) is 0 Å². The number of nitrogens with zero attached hydrogens (tertiary/aromatic N) is 3. The summed E-state index contributed by atoms with van der Waals surface area (Å²) in [6, 6.07) is -3.07. The monoisotopic (exact) mass is 782 g/mol. The number of hydrogen-bond acceptors (Lipinski definition) is 8. The number of aliphatic carboxylic acids is 1. The van der Waals surface area contributed by atoms with Gasteiger partial charge in [0.15, 0.2) is 0 Å². The van der Waals surface area contributed by atoms with Gasteiger partial charge in [-0.05, 0) is 57.5 Å². The topological polar surface area (TPSA) is 158 Å². The number of carboxylic acids is 1. The molecule has 1 aliphatic heterocycles. The van der Waals surface area contributed by atoms with Crippen LogP contribution in [0, 0.1) is 23.7 Å². The van der Waals surface area contributed by atoms with Gasteiger partial charge >= 0.3 is 5.97 Å². The summed E-state index contributed by atoms with van der Waals surface area (Å²) in [5.74, 6) is -3.04. The zero-order valence-corrected chi connectivity index (χ0v) is 36.7. The lowest BCUT2D eigenvalue weighted by Gasteiger charge is -2.41. The Hall–Kier alpha value is -2.77. The van der Waals surface area contributed by atoms with Crippen LogP contribution in [0.4, 0.5) is 0 Å². The number of likely N-dealkylation sites (N-methyl/N-ethyl adjacent to an activating group) is 2. The first-order valence-electron chi connectivity index (χ1n) is 21.0. The van der Waals surface area contributed by atoms with Gasteiger partial charge < -0.3 is 35.0 Å². The van der Waals surface area contributed by atoms with E-state index in [4.69, 9.17) is 9.47 Å². The number of amides is 4.